The first kappa shape index (κ1) is 20.6. The Bertz CT molecular complexity index is 638. The summed E-state index contributed by atoms with van der Waals surface area (Å²) < 4.78 is 48.5. The van der Waals surface area contributed by atoms with Gasteiger partial charge in [0.05, 0.1) is 12.7 Å². The highest BCUT2D eigenvalue weighted by atomic mass is 19.4. The van der Waals surface area contributed by atoms with Crippen LogP contribution in [-0.2, 0) is 22.1 Å². The number of hydrogen-bond acceptors (Lipinski definition) is 4. The normalized spacial score (nSPS) is 13.1. The lowest BCUT2D eigenvalue weighted by molar-refractivity contribution is -0.139. The van der Waals surface area contributed by atoms with E-state index < -0.39 is 41.9 Å². The number of carbonyl (C=O) groups is 2. The summed E-state index contributed by atoms with van der Waals surface area (Å²) in [4.78, 5) is 23.1. The number of ether oxygens (including phenoxy) is 2. The average molecular weight is 363 g/mol. The minimum absolute atomic E-state index is 0.000726. The Labute approximate surface area is 142 Å². The van der Waals surface area contributed by atoms with E-state index in [-0.39, 0.29) is 11.3 Å². The van der Waals surface area contributed by atoms with Gasteiger partial charge >= 0.3 is 18.2 Å². The Morgan fingerprint density at radius 3 is 2.28 bits per heavy atom. The molecule has 0 spiro atoms. The largest absolute Gasteiger partial charge is 0.496 e. The number of benzene rings is 1. The van der Waals surface area contributed by atoms with Gasteiger partial charge < -0.3 is 19.9 Å². The molecular weight excluding hydrogens is 343 g/mol. The Kier molecular flexibility index (Phi) is 6.28. The molecule has 0 saturated heterocycles. The van der Waals surface area contributed by atoms with Crippen LogP contribution in [0, 0.1) is 0 Å². The van der Waals surface area contributed by atoms with Gasteiger partial charge in [0, 0.05) is 6.42 Å². The van der Waals surface area contributed by atoms with Crippen LogP contribution in [0.15, 0.2) is 18.2 Å². The minimum atomic E-state index is -4.58. The van der Waals surface area contributed by atoms with Crippen molar-refractivity contribution in [3.8, 4) is 5.75 Å². The third-order valence-electron chi connectivity index (χ3n) is 3.02. The number of alkyl halides is 3. The second-order valence-corrected chi connectivity index (χ2v) is 6.27. The van der Waals surface area contributed by atoms with Crippen molar-refractivity contribution >= 4 is 12.1 Å². The number of nitrogens with one attached hydrogen (secondary N) is 1. The third-order valence-corrected chi connectivity index (χ3v) is 3.02. The molecule has 0 fully saturated rings. The zero-order chi connectivity index (χ0) is 19.4. The number of carboxylic acids is 1. The number of methoxy groups -OCH3 is 1. The fourth-order valence-electron chi connectivity index (χ4n) is 1.98. The summed E-state index contributed by atoms with van der Waals surface area (Å²) in [6.07, 6.45) is -5.97. The van der Waals surface area contributed by atoms with Crippen molar-refractivity contribution in [2.75, 3.05) is 7.11 Å². The van der Waals surface area contributed by atoms with Gasteiger partial charge in [-0.25, -0.2) is 9.59 Å². The van der Waals surface area contributed by atoms with Crippen LogP contribution < -0.4 is 10.1 Å². The monoisotopic (exact) mass is 363 g/mol. The quantitative estimate of drug-likeness (QED) is 0.839. The molecule has 0 aliphatic heterocycles. The van der Waals surface area contributed by atoms with Gasteiger partial charge in [-0.2, -0.15) is 13.2 Å². The molecule has 1 rings (SSSR count). The van der Waals surface area contributed by atoms with Gasteiger partial charge in [0.15, 0.2) is 0 Å². The molecule has 1 unspecified atom stereocenters. The van der Waals surface area contributed by atoms with Crippen molar-refractivity contribution in [2.24, 2.45) is 0 Å². The van der Waals surface area contributed by atoms with Crippen LogP contribution in [0.4, 0.5) is 18.0 Å². The zero-order valence-corrected chi connectivity index (χ0v) is 14.2. The molecule has 0 saturated carbocycles. The van der Waals surface area contributed by atoms with E-state index in [4.69, 9.17) is 9.47 Å². The highest BCUT2D eigenvalue weighted by Crippen LogP contribution is 2.33. The molecule has 6 nitrogen and oxygen atoms in total. The number of carboxylic acid groups (broad SMARTS) is 1. The number of halogens is 3. The summed E-state index contributed by atoms with van der Waals surface area (Å²) in [7, 11) is 1.25. The minimum Gasteiger partial charge on any atom is -0.496 e. The van der Waals surface area contributed by atoms with Gasteiger partial charge in [-0.3, -0.25) is 0 Å². The Balaban J connectivity index is 3.05. The lowest BCUT2D eigenvalue weighted by Crippen LogP contribution is -2.44. The van der Waals surface area contributed by atoms with Crippen LogP contribution in [0.25, 0.3) is 0 Å². The summed E-state index contributed by atoms with van der Waals surface area (Å²) in [6.45, 7) is 4.79. The fraction of sp³-hybridized carbons (Fsp3) is 0.500. The second kappa shape index (κ2) is 7.62. The lowest BCUT2D eigenvalue weighted by atomic mass is 10.0. The average Bonchev–Trinajstić information content (AvgIpc) is 2.43. The molecule has 25 heavy (non-hydrogen) atoms. The van der Waals surface area contributed by atoms with Crippen molar-refractivity contribution in [1.82, 2.24) is 5.32 Å². The molecule has 9 heteroatoms. The molecule has 0 aliphatic carbocycles. The van der Waals surface area contributed by atoms with Crippen molar-refractivity contribution < 1.29 is 37.3 Å². The number of carbonyl (C=O) groups excluding carboxylic acids is 1. The van der Waals surface area contributed by atoms with E-state index in [0.717, 1.165) is 18.2 Å². The van der Waals surface area contributed by atoms with Gasteiger partial charge in [-0.1, -0.05) is 0 Å². The van der Waals surface area contributed by atoms with Gasteiger partial charge in [0.2, 0.25) is 0 Å². The molecule has 1 aromatic carbocycles. The molecule has 1 amide bonds. The first-order chi connectivity index (χ1) is 11.3. The molecule has 0 aliphatic rings. The van der Waals surface area contributed by atoms with E-state index in [0.29, 0.717) is 0 Å². The second-order valence-electron chi connectivity index (χ2n) is 6.27. The SMILES string of the molecule is COc1ccc(C(F)(F)F)cc1CC(NC(=O)OC(C)(C)C)C(=O)O. The van der Waals surface area contributed by atoms with E-state index in [1.54, 1.807) is 20.8 Å². The maximum absolute atomic E-state index is 12.8. The molecule has 0 bridgehead atoms. The first-order valence-corrected chi connectivity index (χ1v) is 7.30. The predicted molar refractivity (Wildman–Crippen MR) is 82.5 cm³/mol. The Hall–Kier alpha value is -2.45. The van der Waals surface area contributed by atoms with Gasteiger partial charge in [0.25, 0.3) is 0 Å². The van der Waals surface area contributed by atoms with Crippen molar-refractivity contribution in [1.29, 1.82) is 0 Å². The number of rotatable bonds is 5. The van der Waals surface area contributed by atoms with E-state index >= 15 is 0 Å². The zero-order valence-electron chi connectivity index (χ0n) is 14.2. The molecule has 0 aromatic heterocycles. The molecule has 140 valence electrons. The van der Waals surface area contributed by atoms with Crippen LogP contribution in [0.5, 0.6) is 5.75 Å². The molecule has 0 radical (unpaired) electrons. The van der Waals surface area contributed by atoms with Gasteiger partial charge in [-0.05, 0) is 44.5 Å². The molecular formula is C16H20F3NO5. The summed E-state index contributed by atoms with van der Waals surface area (Å²) in [6, 6.07) is 1.25. The van der Waals surface area contributed by atoms with E-state index in [9.17, 15) is 27.9 Å². The summed E-state index contributed by atoms with van der Waals surface area (Å²) in [5.41, 5.74) is -1.79. The van der Waals surface area contributed by atoms with Crippen LogP contribution in [0.1, 0.15) is 31.9 Å². The Morgan fingerprint density at radius 1 is 1.24 bits per heavy atom. The summed E-state index contributed by atoms with van der Waals surface area (Å²) >= 11 is 0. The first-order valence-electron chi connectivity index (χ1n) is 7.30. The van der Waals surface area contributed by atoms with Gasteiger partial charge in [-0.15, -0.1) is 0 Å². The van der Waals surface area contributed by atoms with Crippen molar-refractivity contribution in [2.45, 2.75) is 45.0 Å². The maximum atomic E-state index is 12.8. The fourth-order valence-corrected chi connectivity index (χ4v) is 1.98. The maximum Gasteiger partial charge on any atom is 0.416 e. The van der Waals surface area contributed by atoms with Gasteiger partial charge in [0.1, 0.15) is 17.4 Å². The van der Waals surface area contributed by atoms with Crippen LogP contribution >= 0.6 is 0 Å². The molecule has 1 atom stereocenters. The molecule has 0 heterocycles. The number of alkyl carbamates (subject to hydrolysis) is 1. The highest BCUT2D eigenvalue weighted by molar-refractivity contribution is 5.80. The predicted octanol–water partition coefficient (Wildman–Crippen LogP) is 3.23. The third kappa shape index (κ3) is 6.52. The van der Waals surface area contributed by atoms with Crippen molar-refractivity contribution in [3.63, 3.8) is 0 Å². The van der Waals surface area contributed by atoms with E-state index in [1.165, 1.54) is 7.11 Å². The highest BCUT2D eigenvalue weighted by Gasteiger charge is 2.32. The van der Waals surface area contributed by atoms with Crippen LogP contribution in [0.3, 0.4) is 0 Å². The van der Waals surface area contributed by atoms with Crippen LogP contribution in [0.2, 0.25) is 0 Å². The van der Waals surface area contributed by atoms with E-state index in [1.807, 2.05) is 0 Å². The smallest absolute Gasteiger partial charge is 0.416 e. The topological polar surface area (TPSA) is 84.9 Å². The van der Waals surface area contributed by atoms with Crippen LogP contribution in [-0.4, -0.2) is 35.9 Å². The Morgan fingerprint density at radius 2 is 1.84 bits per heavy atom. The number of aliphatic carboxylic acids is 1. The summed E-state index contributed by atoms with van der Waals surface area (Å²) in [5.74, 6) is -1.32. The molecule has 2 N–H and O–H groups in total. The molecule has 1 aromatic rings. The number of amides is 1. The standard InChI is InChI=1S/C16H20F3NO5/c1-15(2,3)25-14(23)20-11(13(21)22)8-9-7-10(16(17,18)19)5-6-12(9)24-4/h5-7,11H,8H2,1-4H3,(H,20,23)(H,21,22). The van der Waals surface area contributed by atoms with Crippen molar-refractivity contribution in [3.05, 3.63) is 29.3 Å². The number of hydrogen-bond donors (Lipinski definition) is 2. The van der Waals surface area contributed by atoms with E-state index in [2.05, 4.69) is 5.32 Å². The lowest BCUT2D eigenvalue weighted by Gasteiger charge is -2.22. The summed E-state index contributed by atoms with van der Waals surface area (Å²) in [5, 5.41) is 11.4.